The van der Waals surface area contributed by atoms with Crippen molar-refractivity contribution >= 4 is 5.69 Å². The zero-order valence-electron chi connectivity index (χ0n) is 9.85. The molecule has 17 heavy (non-hydrogen) atoms. The summed E-state index contributed by atoms with van der Waals surface area (Å²) in [5, 5.41) is 0. The van der Waals surface area contributed by atoms with Crippen molar-refractivity contribution in [2.75, 3.05) is 5.73 Å². The third-order valence-corrected chi connectivity index (χ3v) is 3.02. The van der Waals surface area contributed by atoms with Crippen LogP contribution in [0.5, 0.6) is 0 Å². The average molecular weight is 225 g/mol. The van der Waals surface area contributed by atoms with E-state index in [1.165, 1.54) is 12.8 Å². The van der Waals surface area contributed by atoms with Crippen LogP contribution in [0.2, 0.25) is 0 Å². The maximum absolute atomic E-state index is 5.69. The van der Waals surface area contributed by atoms with Gasteiger partial charge in [-0.05, 0) is 38.0 Å². The van der Waals surface area contributed by atoms with Gasteiger partial charge in [-0.3, -0.25) is 0 Å². The molecule has 2 aromatic rings. The number of aromatic nitrogens is 2. The maximum Gasteiger partial charge on any atom is 0.132 e. The molecule has 3 nitrogen and oxygen atoms in total. The molecule has 1 saturated carbocycles. The number of nitrogen functional groups attached to an aromatic ring is 1. The van der Waals surface area contributed by atoms with E-state index in [9.17, 15) is 0 Å². The first-order valence-electron chi connectivity index (χ1n) is 5.94. The minimum absolute atomic E-state index is 0.586. The van der Waals surface area contributed by atoms with E-state index in [1.807, 2.05) is 37.3 Å². The fourth-order valence-electron chi connectivity index (χ4n) is 1.92. The molecular formula is C14H15N3. The summed E-state index contributed by atoms with van der Waals surface area (Å²) in [5.74, 6) is 1.58. The molecule has 3 heteroatoms. The van der Waals surface area contributed by atoms with Crippen molar-refractivity contribution in [1.82, 2.24) is 9.97 Å². The lowest BCUT2D eigenvalue weighted by molar-refractivity contribution is 0.910. The molecule has 0 amide bonds. The van der Waals surface area contributed by atoms with Crippen LogP contribution in [-0.4, -0.2) is 9.97 Å². The van der Waals surface area contributed by atoms with Crippen LogP contribution in [0, 0.1) is 6.92 Å². The Bertz CT molecular complexity index is 542. The summed E-state index contributed by atoms with van der Waals surface area (Å²) in [6, 6.07) is 9.85. The monoisotopic (exact) mass is 225 g/mol. The summed E-state index contributed by atoms with van der Waals surface area (Å²) in [6.45, 7) is 2.02. The van der Waals surface area contributed by atoms with Gasteiger partial charge in [0.1, 0.15) is 5.82 Å². The minimum atomic E-state index is 0.586. The maximum atomic E-state index is 5.69. The molecule has 0 atom stereocenters. The molecule has 1 fully saturated rings. The van der Waals surface area contributed by atoms with E-state index in [0.29, 0.717) is 5.92 Å². The smallest absolute Gasteiger partial charge is 0.132 e. The van der Waals surface area contributed by atoms with Gasteiger partial charge in [-0.15, -0.1) is 0 Å². The van der Waals surface area contributed by atoms with Gasteiger partial charge in [-0.1, -0.05) is 12.1 Å². The van der Waals surface area contributed by atoms with Gasteiger partial charge in [0.15, 0.2) is 0 Å². The molecule has 0 unspecified atom stereocenters. The van der Waals surface area contributed by atoms with Gasteiger partial charge in [-0.2, -0.15) is 0 Å². The summed E-state index contributed by atoms with van der Waals surface area (Å²) >= 11 is 0. The van der Waals surface area contributed by atoms with Gasteiger partial charge >= 0.3 is 0 Å². The number of aryl methyl sites for hydroxylation is 1. The summed E-state index contributed by atoms with van der Waals surface area (Å²) < 4.78 is 0. The largest absolute Gasteiger partial charge is 0.399 e. The number of hydrogen-bond donors (Lipinski definition) is 1. The topological polar surface area (TPSA) is 51.8 Å². The number of nitrogens with zero attached hydrogens (tertiary/aromatic N) is 2. The van der Waals surface area contributed by atoms with Gasteiger partial charge < -0.3 is 5.73 Å². The summed E-state index contributed by atoms with van der Waals surface area (Å²) in [5.41, 5.74) is 9.61. The predicted octanol–water partition coefficient (Wildman–Crippen LogP) is 2.91. The highest BCUT2D eigenvalue weighted by molar-refractivity contribution is 5.62. The highest BCUT2D eigenvalue weighted by atomic mass is 14.9. The molecule has 1 aromatic heterocycles. The minimum Gasteiger partial charge on any atom is -0.399 e. The van der Waals surface area contributed by atoms with E-state index in [-0.39, 0.29) is 0 Å². The van der Waals surface area contributed by atoms with Crippen LogP contribution < -0.4 is 5.73 Å². The molecule has 0 aliphatic heterocycles. The third kappa shape index (κ3) is 2.13. The Balaban J connectivity index is 2.04. The Hall–Kier alpha value is -1.90. The number of anilines is 1. The molecule has 1 aliphatic carbocycles. The molecule has 1 heterocycles. The number of benzene rings is 1. The fraction of sp³-hybridized carbons (Fsp3) is 0.286. The predicted molar refractivity (Wildman–Crippen MR) is 68.6 cm³/mol. The Morgan fingerprint density at radius 3 is 2.47 bits per heavy atom. The highest BCUT2D eigenvalue weighted by Gasteiger charge is 2.27. The molecule has 2 N–H and O–H groups in total. The van der Waals surface area contributed by atoms with Crippen molar-refractivity contribution in [3.05, 3.63) is 41.9 Å². The van der Waals surface area contributed by atoms with E-state index in [0.717, 1.165) is 28.5 Å². The Labute approximate surface area is 101 Å². The van der Waals surface area contributed by atoms with Crippen LogP contribution >= 0.6 is 0 Å². The van der Waals surface area contributed by atoms with E-state index in [4.69, 9.17) is 5.73 Å². The van der Waals surface area contributed by atoms with Crippen LogP contribution in [0.25, 0.3) is 11.3 Å². The number of hydrogen-bond acceptors (Lipinski definition) is 3. The third-order valence-electron chi connectivity index (χ3n) is 3.02. The molecule has 0 spiro atoms. The zero-order valence-corrected chi connectivity index (χ0v) is 9.85. The molecule has 0 radical (unpaired) electrons. The Morgan fingerprint density at radius 1 is 1.12 bits per heavy atom. The SMILES string of the molecule is Cc1cc(-c2ccc(N)cc2)nc(C2CC2)n1. The lowest BCUT2D eigenvalue weighted by atomic mass is 10.1. The van der Waals surface area contributed by atoms with Gasteiger partial charge in [0.25, 0.3) is 0 Å². The van der Waals surface area contributed by atoms with Crippen LogP contribution in [0.4, 0.5) is 5.69 Å². The van der Waals surface area contributed by atoms with Crippen LogP contribution in [0.1, 0.15) is 30.3 Å². The van der Waals surface area contributed by atoms with Crippen molar-refractivity contribution in [3.8, 4) is 11.3 Å². The standard InChI is InChI=1S/C14H15N3/c1-9-8-13(10-4-6-12(15)7-5-10)17-14(16-9)11-2-3-11/h4-8,11H,2-3,15H2,1H3. The van der Waals surface area contributed by atoms with Crippen molar-refractivity contribution in [2.24, 2.45) is 0 Å². The molecular weight excluding hydrogens is 210 g/mol. The van der Waals surface area contributed by atoms with Crippen LogP contribution in [0.3, 0.4) is 0 Å². The van der Waals surface area contributed by atoms with Crippen LogP contribution in [0.15, 0.2) is 30.3 Å². The fourth-order valence-corrected chi connectivity index (χ4v) is 1.92. The normalized spacial score (nSPS) is 14.9. The summed E-state index contributed by atoms with van der Waals surface area (Å²) in [4.78, 5) is 9.15. The van der Waals surface area contributed by atoms with E-state index in [1.54, 1.807) is 0 Å². The first-order chi connectivity index (χ1) is 8.22. The molecule has 1 aliphatic rings. The second kappa shape index (κ2) is 3.84. The average Bonchev–Trinajstić information content (AvgIpc) is 3.13. The second-order valence-electron chi connectivity index (χ2n) is 4.65. The quantitative estimate of drug-likeness (QED) is 0.799. The van der Waals surface area contributed by atoms with E-state index < -0.39 is 0 Å². The molecule has 3 rings (SSSR count). The number of nitrogens with two attached hydrogens (primary N) is 1. The summed E-state index contributed by atoms with van der Waals surface area (Å²) in [7, 11) is 0. The molecule has 0 saturated heterocycles. The first kappa shape index (κ1) is 10.3. The molecule has 1 aromatic carbocycles. The van der Waals surface area contributed by atoms with Gasteiger partial charge in [0.05, 0.1) is 5.69 Å². The Morgan fingerprint density at radius 2 is 1.82 bits per heavy atom. The number of rotatable bonds is 2. The molecule has 0 bridgehead atoms. The summed E-state index contributed by atoms with van der Waals surface area (Å²) in [6.07, 6.45) is 2.45. The van der Waals surface area contributed by atoms with Gasteiger partial charge in [-0.25, -0.2) is 9.97 Å². The van der Waals surface area contributed by atoms with Gasteiger partial charge in [0, 0.05) is 22.9 Å². The zero-order chi connectivity index (χ0) is 11.8. The van der Waals surface area contributed by atoms with Crippen LogP contribution in [-0.2, 0) is 0 Å². The van der Waals surface area contributed by atoms with Crippen molar-refractivity contribution < 1.29 is 0 Å². The van der Waals surface area contributed by atoms with Crippen molar-refractivity contribution in [1.29, 1.82) is 0 Å². The first-order valence-corrected chi connectivity index (χ1v) is 5.94. The van der Waals surface area contributed by atoms with Crippen molar-refractivity contribution in [3.63, 3.8) is 0 Å². The second-order valence-corrected chi connectivity index (χ2v) is 4.65. The van der Waals surface area contributed by atoms with Crippen molar-refractivity contribution in [2.45, 2.75) is 25.7 Å². The Kier molecular flexibility index (Phi) is 2.32. The van der Waals surface area contributed by atoms with E-state index in [2.05, 4.69) is 9.97 Å². The highest BCUT2D eigenvalue weighted by Crippen LogP contribution is 2.38. The van der Waals surface area contributed by atoms with E-state index >= 15 is 0 Å². The lowest BCUT2D eigenvalue weighted by Gasteiger charge is -2.05. The van der Waals surface area contributed by atoms with Gasteiger partial charge in [0.2, 0.25) is 0 Å². The molecule has 86 valence electrons. The lowest BCUT2D eigenvalue weighted by Crippen LogP contribution is -1.97.